The quantitative estimate of drug-likeness (QED) is 0.461. The van der Waals surface area contributed by atoms with E-state index in [0.29, 0.717) is 10.7 Å². The van der Waals surface area contributed by atoms with Crippen molar-refractivity contribution in [3.05, 3.63) is 77.4 Å². The molecule has 0 spiro atoms. The smallest absolute Gasteiger partial charge is 0.337 e. The van der Waals surface area contributed by atoms with E-state index in [0.717, 1.165) is 27.4 Å². The fourth-order valence-corrected chi connectivity index (χ4v) is 3.06. The Morgan fingerprint density at radius 1 is 0.962 bits per heavy atom. The normalized spacial score (nSPS) is 10.5. The van der Waals surface area contributed by atoms with E-state index in [2.05, 4.69) is 10.3 Å². The number of pyridine rings is 1. The number of benzene rings is 3. The summed E-state index contributed by atoms with van der Waals surface area (Å²) in [6.45, 7) is 0. The van der Waals surface area contributed by atoms with Gasteiger partial charge in [-0.2, -0.15) is 0 Å². The standard InChI is InChI=1S/C20H13ClN2O2.ClH/c21-14-5-6-15-17(7-8-22-18(15)11-14)23-19-10-13-4-2-1-3-12(13)9-16(19)20(24)25;/h1-11H,(H,22,23)(H,24,25);1H. The monoisotopic (exact) mass is 384 g/mol. The number of carboxylic acid groups (broad SMARTS) is 1. The summed E-state index contributed by atoms with van der Waals surface area (Å²) in [7, 11) is 0. The van der Waals surface area contributed by atoms with Gasteiger partial charge in [0.25, 0.3) is 0 Å². The van der Waals surface area contributed by atoms with Crippen molar-refractivity contribution in [2.45, 2.75) is 0 Å². The van der Waals surface area contributed by atoms with E-state index in [4.69, 9.17) is 11.6 Å². The minimum Gasteiger partial charge on any atom is -0.478 e. The zero-order chi connectivity index (χ0) is 17.4. The second kappa shape index (κ2) is 7.20. The van der Waals surface area contributed by atoms with Gasteiger partial charge >= 0.3 is 5.97 Å². The first-order chi connectivity index (χ1) is 12.1. The van der Waals surface area contributed by atoms with Crippen LogP contribution in [0.25, 0.3) is 21.7 Å². The van der Waals surface area contributed by atoms with Crippen LogP contribution in [0.15, 0.2) is 66.9 Å². The molecule has 0 saturated carbocycles. The van der Waals surface area contributed by atoms with E-state index in [9.17, 15) is 9.90 Å². The Labute approximate surface area is 160 Å². The van der Waals surface area contributed by atoms with Crippen LogP contribution in [-0.2, 0) is 0 Å². The van der Waals surface area contributed by atoms with Crippen LogP contribution in [0, 0.1) is 0 Å². The third-order valence-electron chi connectivity index (χ3n) is 4.09. The molecule has 0 amide bonds. The van der Waals surface area contributed by atoms with Crippen LogP contribution in [0.2, 0.25) is 5.02 Å². The van der Waals surface area contributed by atoms with Crippen molar-refractivity contribution in [2.75, 3.05) is 5.32 Å². The highest BCUT2D eigenvalue weighted by molar-refractivity contribution is 6.31. The second-order valence-electron chi connectivity index (χ2n) is 5.70. The fraction of sp³-hybridized carbons (Fsp3) is 0. The Hall–Kier alpha value is -2.82. The molecule has 3 aromatic carbocycles. The molecule has 0 radical (unpaired) electrons. The Morgan fingerprint density at radius 2 is 1.69 bits per heavy atom. The fourth-order valence-electron chi connectivity index (χ4n) is 2.90. The number of aromatic nitrogens is 1. The molecule has 0 saturated heterocycles. The van der Waals surface area contributed by atoms with Gasteiger partial charge in [0.05, 0.1) is 16.8 Å². The Kier molecular flexibility index (Phi) is 4.98. The topological polar surface area (TPSA) is 62.2 Å². The summed E-state index contributed by atoms with van der Waals surface area (Å²) in [6.07, 6.45) is 1.67. The number of rotatable bonds is 3. The van der Waals surface area contributed by atoms with E-state index >= 15 is 0 Å². The molecule has 1 aromatic heterocycles. The summed E-state index contributed by atoms with van der Waals surface area (Å²) < 4.78 is 0. The maximum Gasteiger partial charge on any atom is 0.337 e. The third kappa shape index (κ3) is 3.29. The molecule has 0 aliphatic carbocycles. The second-order valence-corrected chi connectivity index (χ2v) is 6.13. The lowest BCUT2D eigenvalue weighted by molar-refractivity contribution is 0.0698. The van der Waals surface area contributed by atoms with Crippen molar-refractivity contribution in [2.24, 2.45) is 0 Å². The van der Waals surface area contributed by atoms with Gasteiger partial charge in [0.15, 0.2) is 0 Å². The minimum absolute atomic E-state index is 0. The van der Waals surface area contributed by atoms with E-state index in [-0.39, 0.29) is 18.0 Å². The minimum atomic E-state index is -0.977. The lowest BCUT2D eigenvalue weighted by Gasteiger charge is -2.13. The summed E-state index contributed by atoms with van der Waals surface area (Å²) in [5.41, 5.74) is 2.28. The molecular weight excluding hydrogens is 371 g/mol. The first kappa shape index (κ1) is 18.0. The molecule has 4 rings (SSSR count). The first-order valence-corrected chi connectivity index (χ1v) is 8.07. The van der Waals surface area contributed by atoms with Crippen LogP contribution < -0.4 is 5.32 Å². The molecule has 0 fully saturated rings. The van der Waals surface area contributed by atoms with Crippen LogP contribution >= 0.6 is 24.0 Å². The maximum atomic E-state index is 11.7. The number of carboxylic acids is 1. The summed E-state index contributed by atoms with van der Waals surface area (Å²) in [5, 5.41) is 16.2. The van der Waals surface area contributed by atoms with Gasteiger partial charge in [0, 0.05) is 22.3 Å². The van der Waals surface area contributed by atoms with Crippen LogP contribution in [0.1, 0.15) is 10.4 Å². The van der Waals surface area contributed by atoms with Crippen LogP contribution in [0.3, 0.4) is 0 Å². The number of halogens is 2. The molecule has 4 nitrogen and oxygen atoms in total. The van der Waals surface area contributed by atoms with Gasteiger partial charge in [0.2, 0.25) is 0 Å². The molecule has 0 unspecified atom stereocenters. The summed E-state index contributed by atoms with van der Waals surface area (Å²) in [4.78, 5) is 16.0. The van der Waals surface area contributed by atoms with Gasteiger partial charge in [-0.25, -0.2) is 4.79 Å². The molecule has 26 heavy (non-hydrogen) atoms. The predicted octanol–water partition coefficient (Wildman–Crippen LogP) is 5.91. The van der Waals surface area contributed by atoms with Crippen molar-refractivity contribution in [3.8, 4) is 0 Å². The third-order valence-corrected chi connectivity index (χ3v) is 4.33. The van der Waals surface area contributed by atoms with Gasteiger partial charge in [-0.15, -0.1) is 12.4 Å². The van der Waals surface area contributed by atoms with Crippen molar-refractivity contribution >= 4 is 63.0 Å². The highest BCUT2D eigenvalue weighted by Gasteiger charge is 2.13. The molecule has 2 N–H and O–H groups in total. The van der Waals surface area contributed by atoms with Crippen LogP contribution in [-0.4, -0.2) is 16.1 Å². The van der Waals surface area contributed by atoms with Gasteiger partial charge in [-0.3, -0.25) is 4.98 Å². The molecule has 130 valence electrons. The van der Waals surface area contributed by atoms with Crippen molar-refractivity contribution < 1.29 is 9.90 Å². The number of nitrogens with zero attached hydrogens (tertiary/aromatic N) is 1. The highest BCUT2D eigenvalue weighted by Crippen LogP contribution is 2.31. The van der Waals surface area contributed by atoms with Crippen molar-refractivity contribution in [1.82, 2.24) is 4.98 Å². The van der Waals surface area contributed by atoms with Gasteiger partial charge in [-0.05, 0) is 47.2 Å². The molecular formula is C20H14Cl2N2O2. The zero-order valence-corrected chi connectivity index (χ0v) is 15.0. The molecule has 0 aliphatic rings. The van der Waals surface area contributed by atoms with Gasteiger partial charge in [0.1, 0.15) is 0 Å². The molecule has 0 bridgehead atoms. The zero-order valence-electron chi connectivity index (χ0n) is 13.4. The average Bonchev–Trinajstić information content (AvgIpc) is 2.61. The first-order valence-electron chi connectivity index (χ1n) is 7.69. The number of fused-ring (bicyclic) bond motifs is 2. The Morgan fingerprint density at radius 3 is 2.42 bits per heavy atom. The van der Waals surface area contributed by atoms with Gasteiger partial charge < -0.3 is 10.4 Å². The number of anilines is 2. The number of hydrogen-bond donors (Lipinski definition) is 2. The molecule has 4 aromatic rings. The number of aromatic carboxylic acids is 1. The highest BCUT2D eigenvalue weighted by atomic mass is 35.5. The van der Waals surface area contributed by atoms with E-state index in [1.807, 2.05) is 42.5 Å². The van der Waals surface area contributed by atoms with Crippen molar-refractivity contribution in [1.29, 1.82) is 0 Å². The summed E-state index contributed by atoms with van der Waals surface area (Å²) >= 11 is 6.03. The largest absolute Gasteiger partial charge is 0.478 e. The van der Waals surface area contributed by atoms with Crippen LogP contribution in [0.5, 0.6) is 0 Å². The average molecular weight is 385 g/mol. The number of carbonyl (C=O) groups is 1. The summed E-state index contributed by atoms with van der Waals surface area (Å²) in [5.74, 6) is -0.977. The Balaban J connectivity index is 0.00000196. The SMILES string of the molecule is Cl.O=C(O)c1cc2ccccc2cc1Nc1ccnc2cc(Cl)ccc12. The lowest BCUT2D eigenvalue weighted by Crippen LogP contribution is -2.03. The van der Waals surface area contributed by atoms with Gasteiger partial charge in [-0.1, -0.05) is 35.9 Å². The van der Waals surface area contributed by atoms with E-state index < -0.39 is 5.97 Å². The number of hydrogen-bond acceptors (Lipinski definition) is 3. The summed E-state index contributed by atoms with van der Waals surface area (Å²) in [6, 6.07) is 18.5. The van der Waals surface area contributed by atoms with E-state index in [1.165, 1.54) is 0 Å². The van der Waals surface area contributed by atoms with E-state index in [1.54, 1.807) is 24.4 Å². The van der Waals surface area contributed by atoms with Crippen LogP contribution in [0.4, 0.5) is 11.4 Å². The lowest BCUT2D eigenvalue weighted by atomic mass is 10.0. The molecule has 1 heterocycles. The molecule has 6 heteroatoms. The number of nitrogens with one attached hydrogen (secondary N) is 1. The predicted molar refractivity (Wildman–Crippen MR) is 108 cm³/mol. The van der Waals surface area contributed by atoms with Crippen molar-refractivity contribution in [3.63, 3.8) is 0 Å². The molecule has 0 atom stereocenters. The maximum absolute atomic E-state index is 11.7. The molecule has 0 aliphatic heterocycles. The Bertz CT molecular complexity index is 1130.